The molecular weight excluding hydrogens is 288 g/mol. The number of benzene rings is 1. The molecule has 4 N–H and O–H groups in total. The number of carboxylic acids is 1. The maximum atomic E-state index is 11.6. The van der Waals surface area contributed by atoms with Gasteiger partial charge in [0.1, 0.15) is 6.61 Å². The van der Waals surface area contributed by atoms with Gasteiger partial charge in [-0.15, -0.1) is 0 Å². The summed E-state index contributed by atoms with van der Waals surface area (Å²) in [6, 6.07) is 7.23. The Hall–Kier alpha value is -2.41. The molecule has 7 heteroatoms. The van der Waals surface area contributed by atoms with Crippen molar-refractivity contribution in [2.75, 3.05) is 6.61 Å². The van der Waals surface area contributed by atoms with Crippen LogP contribution in [0.25, 0.3) is 0 Å². The van der Waals surface area contributed by atoms with E-state index >= 15 is 0 Å². The van der Waals surface area contributed by atoms with Crippen molar-refractivity contribution in [3.05, 3.63) is 35.9 Å². The van der Waals surface area contributed by atoms with Crippen LogP contribution in [0.4, 0.5) is 0 Å². The number of nitrogens with two attached hydrogens (primary N) is 1. The van der Waals surface area contributed by atoms with E-state index in [1.807, 2.05) is 30.3 Å². The van der Waals surface area contributed by atoms with Gasteiger partial charge in [-0.25, -0.2) is 4.79 Å². The van der Waals surface area contributed by atoms with Crippen LogP contribution in [0.1, 0.15) is 18.9 Å². The summed E-state index contributed by atoms with van der Waals surface area (Å²) in [5.41, 5.74) is 6.33. The molecule has 1 rings (SSSR count). The third kappa shape index (κ3) is 6.36. The molecule has 1 amide bonds. The summed E-state index contributed by atoms with van der Waals surface area (Å²) in [5, 5.41) is 11.2. The fraction of sp³-hybridized carbons (Fsp3) is 0.400. The molecule has 2 atom stereocenters. The Bertz CT molecular complexity index is 516. The zero-order valence-corrected chi connectivity index (χ0v) is 12.3. The lowest BCUT2D eigenvalue weighted by atomic mass is 10.1. The number of esters is 1. The number of carboxylic acid groups (broad SMARTS) is 1. The van der Waals surface area contributed by atoms with E-state index in [9.17, 15) is 14.4 Å². The van der Waals surface area contributed by atoms with Gasteiger partial charge in [0.15, 0.2) is 6.04 Å². The summed E-state index contributed by atoms with van der Waals surface area (Å²) < 4.78 is 4.89. The summed E-state index contributed by atoms with van der Waals surface area (Å²) in [6.07, 6.45) is 0.640. The van der Waals surface area contributed by atoms with Gasteiger partial charge in [-0.2, -0.15) is 0 Å². The largest absolute Gasteiger partial charge is 0.480 e. The number of carbonyl (C=O) groups excluding carboxylic acids is 2. The molecule has 0 heterocycles. The predicted octanol–water partition coefficient (Wildman–Crippen LogP) is 0.0790. The summed E-state index contributed by atoms with van der Waals surface area (Å²) in [4.78, 5) is 34.0. The molecule has 0 aliphatic rings. The van der Waals surface area contributed by atoms with Gasteiger partial charge in [0.2, 0.25) is 5.91 Å². The van der Waals surface area contributed by atoms with E-state index in [4.69, 9.17) is 15.6 Å². The molecule has 0 saturated carbocycles. The molecule has 1 aromatic carbocycles. The maximum absolute atomic E-state index is 11.6. The van der Waals surface area contributed by atoms with Crippen molar-refractivity contribution in [1.29, 1.82) is 0 Å². The minimum Gasteiger partial charge on any atom is -0.480 e. The van der Waals surface area contributed by atoms with Crippen molar-refractivity contribution in [2.24, 2.45) is 5.73 Å². The molecule has 7 nitrogen and oxygen atoms in total. The van der Waals surface area contributed by atoms with Crippen molar-refractivity contribution < 1.29 is 24.2 Å². The lowest BCUT2D eigenvalue weighted by molar-refractivity contribution is -0.150. The Morgan fingerprint density at radius 3 is 2.45 bits per heavy atom. The Morgan fingerprint density at radius 2 is 1.91 bits per heavy atom. The topological polar surface area (TPSA) is 119 Å². The molecule has 1 aromatic rings. The molecular formula is C15H20N2O5. The average molecular weight is 308 g/mol. The Balaban J connectivity index is 2.39. The second-order valence-corrected chi connectivity index (χ2v) is 4.86. The molecule has 0 bridgehead atoms. The van der Waals surface area contributed by atoms with Crippen LogP contribution in [0.2, 0.25) is 0 Å². The fourth-order valence-electron chi connectivity index (χ4n) is 1.62. The molecule has 0 aromatic heterocycles. The van der Waals surface area contributed by atoms with Gasteiger partial charge < -0.3 is 20.9 Å². The first-order chi connectivity index (χ1) is 10.4. The molecule has 120 valence electrons. The molecule has 0 unspecified atom stereocenters. The number of aliphatic carboxylic acids is 1. The lowest BCUT2D eigenvalue weighted by Crippen LogP contribution is -2.49. The third-order valence-electron chi connectivity index (χ3n) is 2.90. The number of amides is 1. The molecule has 0 fully saturated rings. The number of nitrogens with one attached hydrogen (secondary N) is 1. The van der Waals surface area contributed by atoms with E-state index in [1.54, 1.807) is 0 Å². The highest BCUT2D eigenvalue weighted by atomic mass is 16.5. The number of hydrogen-bond donors (Lipinski definition) is 3. The summed E-state index contributed by atoms with van der Waals surface area (Å²) in [5.74, 6) is -2.43. The quantitative estimate of drug-likeness (QED) is 0.585. The van der Waals surface area contributed by atoms with Gasteiger partial charge in [0.05, 0.1) is 6.04 Å². The predicted molar refractivity (Wildman–Crippen MR) is 78.9 cm³/mol. The highest BCUT2D eigenvalue weighted by molar-refractivity contribution is 5.86. The first-order valence-corrected chi connectivity index (χ1v) is 6.88. The van der Waals surface area contributed by atoms with E-state index in [1.165, 1.54) is 6.92 Å². The van der Waals surface area contributed by atoms with Crippen LogP contribution in [-0.4, -0.2) is 41.6 Å². The first-order valence-electron chi connectivity index (χ1n) is 6.88. The number of carbonyl (C=O) groups is 3. The van der Waals surface area contributed by atoms with Gasteiger partial charge >= 0.3 is 11.9 Å². The van der Waals surface area contributed by atoms with Crippen LogP contribution < -0.4 is 11.1 Å². The van der Waals surface area contributed by atoms with Crippen molar-refractivity contribution in [2.45, 2.75) is 31.8 Å². The minimum absolute atomic E-state index is 0.136. The fourth-order valence-corrected chi connectivity index (χ4v) is 1.62. The molecule has 0 aliphatic heterocycles. The summed E-state index contributed by atoms with van der Waals surface area (Å²) in [6.45, 7) is 1.00. The Kier molecular flexibility index (Phi) is 7.04. The average Bonchev–Trinajstić information content (AvgIpc) is 2.49. The molecule has 0 radical (unpaired) electrons. The van der Waals surface area contributed by atoms with Gasteiger partial charge in [-0.3, -0.25) is 9.59 Å². The van der Waals surface area contributed by atoms with Crippen LogP contribution >= 0.6 is 0 Å². The molecule has 22 heavy (non-hydrogen) atoms. The third-order valence-corrected chi connectivity index (χ3v) is 2.90. The number of aryl methyl sites for hydroxylation is 1. The number of rotatable bonds is 8. The van der Waals surface area contributed by atoms with Gasteiger partial charge in [0, 0.05) is 6.42 Å². The molecule has 0 spiro atoms. The Morgan fingerprint density at radius 1 is 1.27 bits per heavy atom. The SMILES string of the molecule is C[C@H](N)C(=O)N[C@@H](COC(=O)CCc1ccccc1)C(=O)O. The van der Waals surface area contributed by atoms with Crippen LogP contribution in [-0.2, 0) is 25.5 Å². The van der Waals surface area contributed by atoms with Crippen molar-refractivity contribution >= 4 is 17.8 Å². The van der Waals surface area contributed by atoms with E-state index in [-0.39, 0.29) is 6.42 Å². The molecule has 0 aliphatic carbocycles. The summed E-state index contributed by atoms with van der Waals surface area (Å²) >= 11 is 0. The highest BCUT2D eigenvalue weighted by Crippen LogP contribution is 2.03. The van der Waals surface area contributed by atoms with Crippen LogP contribution in [0.5, 0.6) is 0 Å². The summed E-state index contributed by atoms with van der Waals surface area (Å²) in [7, 11) is 0. The van der Waals surface area contributed by atoms with Crippen molar-refractivity contribution in [3.63, 3.8) is 0 Å². The number of ether oxygens (including phenoxy) is 1. The van der Waals surface area contributed by atoms with E-state index < -0.39 is 36.5 Å². The van der Waals surface area contributed by atoms with Crippen molar-refractivity contribution in [1.82, 2.24) is 5.32 Å². The second-order valence-electron chi connectivity index (χ2n) is 4.86. The lowest BCUT2D eigenvalue weighted by Gasteiger charge is -2.16. The number of hydrogen-bond acceptors (Lipinski definition) is 5. The van der Waals surface area contributed by atoms with Crippen LogP contribution in [0.3, 0.4) is 0 Å². The molecule has 0 saturated heterocycles. The van der Waals surface area contributed by atoms with Gasteiger partial charge in [-0.1, -0.05) is 30.3 Å². The normalized spacial score (nSPS) is 13.0. The first kappa shape index (κ1) is 17.6. The van der Waals surface area contributed by atoms with E-state index in [0.29, 0.717) is 6.42 Å². The van der Waals surface area contributed by atoms with E-state index in [2.05, 4.69) is 5.32 Å². The monoisotopic (exact) mass is 308 g/mol. The zero-order valence-electron chi connectivity index (χ0n) is 12.3. The minimum atomic E-state index is -1.31. The van der Waals surface area contributed by atoms with Gasteiger partial charge in [0.25, 0.3) is 0 Å². The smallest absolute Gasteiger partial charge is 0.329 e. The maximum Gasteiger partial charge on any atom is 0.329 e. The standard InChI is InChI=1S/C15H20N2O5/c1-10(16)14(19)17-12(15(20)21)9-22-13(18)8-7-11-5-3-2-4-6-11/h2-6,10,12H,7-9,16H2,1H3,(H,17,19)(H,20,21)/t10-,12-/m0/s1. The Labute approximate surface area is 128 Å². The van der Waals surface area contributed by atoms with Crippen LogP contribution in [0.15, 0.2) is 30.3 Å². The van der Waals surface area contributed by atoms with Crippen molar-refractivity contribution in [3.8, 4) is 0 Å². The zero-order chi connectivity index (χ0) is 16.5. The highest BCUT2D eigenvalue weighted by Gasteiger charge is 2.23. The second kappa shape index (κ2) is 8.78. The van der Waals surface area contributed by atoms with E-state index in [0.717, 1.165) is 5.56 Å². The van der Waals surface area contributed by atoms with Gasteiger partial charge in [-0.05, 0) is 18.9 Å². The van der Waals surface area contributed by atoms with Crippen LogP contribution in [0, 0.1) is 0 Å².